The summed E-state index contributed by atoms with van der Waals surface area (Å²) in [5, 5.41) is 12.2. The maximum absolute atomic E-state index is 12.7. The van der Waals surface area contributed by atoms with Gasteiger partial charge in [-0.15, -0.1) is 0 Å². The van der Waals surface area contributed by atoms with Crippen molar-refractivity contribution >= 4 is 21.5 Å². The standard InChI is InChI=1S/C13H20N4O3S/c1-10(18)7-9-16(3)21(19,20)13-12(14-2)15-11-6-4-5-8-17(11)13/h4-6,8,10,14,18H,7,9H2,1-3H3. The summed E-state index contributed by atoms with van der Waals surface area (Å²) in [4.78, 5) is 4.27. The molecule has 0 saturated heterocycles. The van der Waals surface area contributed by atoms with Crippen LogP contribution in [0.2, 0.25) is 0 Å². The van der Waals surface area contributed by atoms with E-state index in [2.05, 4.69) is 10.3 Å². The van der Waals surface area contributed by atoms with Crippen molar-refractivity contribution in [2.45, 2.75) is 24.5 Å². The highest BCUT2D eigenvalue weighted by Gasteiger charge is 2.28. The molecule has 0 aliphatic heterocycles. The second kappa shape index (κ2) is 6.00. The maximum Gasteiger partial charge on any atom is 0.262 e. The molecule has 7 nitrogen and oxygen atoms in total. The van der Waals surface area contributed by atoms with Crippen molar-refractivity contribution in [2.75, 3.05) is 26.0 Å². The predicted molar refractivity (Wildman–Crippen MR) is 80.9 cm³/mol. The number of aliphatic hydroxyl groups excluding tert-OH is 1. The predicted octanol–water partition coefficient (Wildman–Crippen LogP) is 0.767. The number of aliphatic hydroxyl groups is 1. The molecule has 2 aromatic rings. The van der Waals surface area contributed by atoms with Crippen LogP contribution in [0.25, 0.3) is 5.65 Å². The van der Waals surface area contributed by atoms with E-state index in [1.165, 1.54) is 11.4 Å². The molecular weight excluding hydrogens is 292 g/mol. The molecule has 0 radical (unpaired) electrons. The Labute approximate surface area is 124 Å². The summed E-state index contributed by atoms with van der Waals surface area (Å²) in [6, 6.07) is 5.30. The zero-order valence-corrected chi connectivity index (χ0v) is 13.1. The average molecular weight is 312 g/mol. The van der Waals surface area contributed by atoms with Crippen LogP contribution in [-0.4, -0.2) is 54.0 Å². The van der Waals surface area contributed by atoms with E-state index in [9.17, 15) is 13.5 Å². The van der Waals surface area contributed by atoms with E-state index in [-0.39, 0.29) is 11.6 Å². The van der Waals surface area contributed by atoms with Crippen molar-refractivity contribution < 1.29 is 13.5 Å². The lowest BCUT2D eigenvalue weighted by Crippen LogP contribution is -2.30. The van der Waals surface area contributed by atoms with Crippen LogP contribution in [0.15, 0.2) is 29.4 Å². The second-order valence-corrected chi connectivity index (χ2v) is 6.87. The molecule has 0 aromatic carbocycles. The zero-order valence-electron chi connectivity index (χ0n) is 12.3. The van der Waals surface area contributed by atoms with E-state index in [0.29, 0.717) is 17.9 Å². The van der Waals surface area contributed by atoms with Gasteiger partial charge in [0.25, 0.3) is 10.0 Å². The van der Waals surface area contributed by atoms with Crippen LogP contribution < -0.4 is 5.32 Å². The third-order valence-electron chi connectivity index (χ3n) is 3.24. The third kappa shape index (κ3) is 3.02. The van der Waals surface area contributed by atoms with E-state index in [0.717, 1.165) is 0 Å². The number of sulfonamides is 1. The molecule has 0 bridgehead atoms. The quantitative estimate of drug-likeness (QED) is 0.822. The van der Waals surface area contributed by atoms with E-state index >= 15 is 0 Å². The number of nitrogens with one attached hydrogen (secondary N) is 1. The van der Waals surface area contributed by atoms with E-state index < -0.39 is 16.1 Å². The Bertz CT molecular complexity index is 724. The number of nitrogens with zero attached hydrogens (tertiary/aromatic N) is 3. The Morgan fingerprint density at radius 1 is 1.48 bits per heavy atom. The molecule has 0 fully saturated rings. The lowest BCUT2D eigenvalue weighted by molar-refractivity contribution is 0.177. The highest BCUT2D eigenvalue weighted by molar-refractivity contribution is 7.89. The van der Waals surface area contributed by atoms with Gasteiger partial charge in [-0.2, -0.15) is 4.31 Å². The second-order valence-electron chi connectivity index (χ2n) is 4.91. The molecule has 0 amide bonds. The Morgan fingerprint density at radius 2 is 2.19 bits per heavy atom. The highest BCUT2D eigenvalue weighted by atomic mass is 32.2. The summed E-state index contributed by atoms with van der Waals surface area (Å²) in [5.74, 6) is 0.310. The summed E-state index contributed by atoms with van der Waals surface area (Å²) in [5.41, 5.74) is 0.560. The maximum atomic E-state index is 12.7. The Hall–Kier alpha value is -1.64. The number of hydrogen-bond acceptors (Lipinski definition) is 5. The van der Waals surface area contributed by atoms with Gasteiger partial charge in [-0.1, -0.05) is 6.07 Å². The number of anilines is 1. The Kier molecular flexibility index (Phi) is 4.50. The summed E-state index contributed by atoms with van der Waals surface area (Å²) < 4.78 is 28.3. The van der Waals surface area contributed by atoms with Gasteiger partial charge < -0.3 is 10.4 Å². The zero-order chi connectivity index (χ0) is 15.6. The molecule has 0 spiro atoms. The number of pyridine rings is 1. The summed E-state index contributed by atoms with van der Waals surface area (Å²) in [6.45, 7) is 1.87. The van der Waals surface area contributed by atoms with Crippen molar-refractivity contribution in [3.63, 3.8) is 0 Å². The van der Waals surface area contributed by atoms with Gasteiger partial charge in [0.1, 0.15) is 5.65 Å². The van der Waals surface area contributed by atoms with Crippen LogP contribution in [0.3, 0.4) is 0 Å². The van der Waals surface area contributed by atoms with Gasteiger partial charge in [0.2, 0.25) is 0 Å². The lowest BCUT2D eigenvalue weighted by Gasteiger charge is -2.18. The van der Waals surface area contributed by atoms with Crippen LogP contribution in [-0.2, 0) is 10.0 Å². The third-order valence-corrected chi connectivity index (χ3v) is 5.12. The van der Waals surface area contributed by atoms with Gasteiger partial charge in [-0.25, -0.2) is 13.4 Å². The fraction of sp³-hybridized carbons (Fsp3) is 0.462. The van der Waals surface area contributed by atoms with Crippen LogP contribution in [0.5, 0.6) is 0 Å². The molecule has 1 atom stereocenters. The number of imidazole rings is 1. The minimum Gasteiger partial charge on any atom is -0.393 e. The fourth-order valence-corrected chi connectivity index (χ4v) is 3.46. The smallest absolute Gasteiger partial charge is 0.262 e. The Morgan fingerprint density at radius 3 is 2.81 bits per heavy atom. The molecule has 2 N–H and O–H groups in total. The van der Waals surface area contributed by atoms with Gasteiger partial charge in [0.15, 0.2) is 10.8 Å². The van der Waals surface area contributed by atoms with Crippen LogP contribution in [0.4, 0.5) is 5.82 Å². The molecular formula is C13H20N4O3S. The van der Waals surface area contributed by atoms with E-state index in [1.54, 1.807) is 42.8 Å². The molecule has 8 heteroatoms. The lowest BCUT2D eigenvalue weighted by atomic mass is 10.3. The van der Waals surface area contributed by atoms with Crippen LogP contribution in [0, 0.1) is 0 Å². The molecule has 2 aromatic heterocycles. The van der Waals surface area contributed by atoms with Gasteiger partial charge in [-0.3, -0.25) is 4.40 Å². The monoisotopic (exact) mass is 312 g/mol. The minimum atomic E-state index is -3.70. The molecule has 0 saturated carbocycles. The van der Waals surface area contributed by atoms with E-state index in [4.69, 9.17) is 0 Å². The fourth-order valence-electron chi connectivity index (χ4n) is 2.02. The van der Waals surface area contributed by atoms with Crippen molar-refractivity contribution in [1.82, 2.24) is 13.7 Å². The van der Waals surface area contributed by atoms with Crippen molar-refractivity contribution in [1.29, 1.82) is 0 Å². The number of hydrogen-bond donors (Lipinski definition) is 2. The highest BCUT2D eigenvalue weighted by Crippen LogP contribution is 2.25. The first-order valence-corrected chi connectivity index (χ1v) is 8.11. The van der Waals surface area contributed by atoms with Crippen LogP contribution >= 0.6 is 0 Å². The number of rotatable bonds is 6. The molecule has 116 valence electrons. The largest absolute Gasteiger partial charge is 0.393 e. The molecule has 0 aliphatic rings. The van der Waals surface area contributed by atoms with Gasteiger partial charge >= 0.3 is 0 Å². The van der Waals surface area contributed by atoms with Crippen molar-refractivity contribution in [3.05, 3.63) is 24.4 Å². The molecule has 2 rings (SSSR count). The Balaban J connectivity index is 2.48. The molecule has 1 unspecified atom stereocenters. The summed E-state index contributed by atoms with van der Waals surface area (Å²) in [7, 11) is -0.565. The summed E-state index contributed by atoms with van der Waals surface area (Å²) in [6.07, 6.45) is 1.49. The van der Waals surface area contributed by atoms with Gasteiger partial charge in [0.05, 0.1) is 6.10 Å². The first kappa shape index (κ1) is 15.7. The normalized spacial score (nSPS) is 13.8. The number of fused-ring (bicyclic) bond motifs is 1. The molecule has 0 aliphatic carbocycles. The first-order valence-electron chi connectivity index (χ1n) is 6.67. The van der Waals surface area contributed by atoms with Crippen molar-refractivity contribution in [2.24, 2.45) is 0 Å². The van der Waals surface area contributed by atoms with Crippen LogP contribution in [0.1, 0.15) is 13.3 Å². The first-order chi connectivity index (χ1) is 9.87. The van der Waals surface area contributed by atoms with Gasteiger partial charge in [0, 0.05) is 26.8 Å². The minimum absolute atomic E-state index is 0.105. The summed E-state index contributed by atoms with van der Waals surface area (Å²) >= 11 is 0. The molecule has 2 heterocycles. The SMILES string of the molecule is CNc1nc2ccccn2c1S(=O)(=O)N(C)CCC(C)O. The van der Waals surface area contributed by atoms with E-state index in [1.807, 2.05) is 0 Å². The number of aromatic nitrogens is 2. The average Bonchev–Trinajstić information content (AvgIpc) is 2.83. The van der Waals surface area contributed by atoms with Gasteiger partial charge in [-0.05, 0) is 25.5 Å². The molecule has 21 heavy (non-hydrogen) atoms. The topological polar surface area (TPSA) is 86.9 Å². The van der Waals surface area contributed by atoms with Crippen molar-refractivity contribution in [3.8, 4) is 0 Å².